The molecule has 0 radical (unpaired) electrons. The Morgan fingerprint density at radius 1 is 1.00 bits per heavy atom. The molecule has 0 unspecified atom stereocenters. The van der Waals surface area contributed by atoms with Crippen molar-refractivity contribution >= 4 is 39.1 Å². The molecule has 4 heterocycles. The van der Waals surface area contributed by atoms with Gasteiger partial charge in [-0.2, -0.15) is 5.10 Å². The fourth-order valence-electron chi connectivity index (χ4n) is 6.70. The molecule has 1 atom stereocenters. The number of halogens is 2. The number of nitrogens with zero attached hydrogens (tertiary/aromatic N) is 6. The van der Waals surface area contributed by atoms with Crippen LogP contribution in [0.1, 0.15) is 23.7 Å². The van der Waals surface area contributed by atoms with Crippen molar-refractivity contribution in [1.29, 1.82) is 0 Å². The van der Waals surface area contributed by atoms with Gasteiger partial charge in [0, 0.05) is 62.3 Å². The van der Waals surface area contributed by atoms with Crippen LogP contribution in [0.4, 0.5) is 4.39 Å². The predicted molar refractivity (Wildman–Crippen MR) is 212 cm³/mol. The zero-order valence-electron chi connectivity index (χ0n) is 30.9. The first kappa shape index (κ1) is 38.2. The van der Waals surface area contributed by atoms with E-state index in [2.05, 4.69) is 31.9 Å². The number of hydrogen-bond donors (Lipinski definition) is 1. The molecule has 1 aliphatic heterocycles. The number of aliphatic carboxylic acids is 1. The van der Waals surface area contributed by atoms with Crippen LogP contribution in [0, 0.1) is 12.7 Å². The molecular formula is C41H42ClFN6O5S. The van der Waals surface area contributed by atoms with Gasteiger partial charge in [-0.05, 0) is 73.5 Å². The van der Waals surface area contributed by atoms with Crippen molar-refractivity contribution in [3.63, 3.8) is 0 Å². The van der Waals surface area contributed by atoms with Crippen molar-refractivity contribution in [1.82, 2.24) is 29.5 Å². The summed E-state index contributed by atoms with van der Waals surface area (Å²) >= 11 is 8.40. The fourth-order valence-corrected chi connectivity index (χ4v) is 8.07. The molecule has 14 heteroatoms. The van der Waals surface area contributed by atoms with Crippen molar-refractivity contribution in [2.24, 2.45) is 0 Å². The summed E-state index contributed by atoms with van der Waals surface area (Å²) in [5, 5.41) is 15.8. The summed E-state index contributed by atoms with van der Waals surface area (Å²) in [5.74, 6) is -0.320. The van der Waals surface area contributed by atoms with Gasteiger partial charge in [-0.1, -0.05) is 48.0 Å². The van der Waals surface area contributed by atoms with Crippen LogP contribution in [0.15, 0.2) is 79.3 Å². The Kier molecular flexibility index (Phi) is 11.9. The number of likely N-dealkylation sites (N-methyl/N-ethyl adjacent to an activating group) is 1. The van der Waals surface area contributed by atoms with E-state index in [1.807, 2.05) is 61.0 Å². The van der Waals surface area contributed by atoms with Crippen molar-refractivity contribution in [3.8, 4) is 38.9 Å². The van der Waals surface area contributed by atoms with E-state index in [9.17, 15) is 14.3 Å². The van der Waals surface area contributed by atoms with Crippen molar-refractivity contribution < 1.29 is 28.5 Å². The molecule has 0 saturated carbocycles. The summed E-state index contributed by atoms with van der Waals surface area (Å²) in [6.07, 6.45) is 1.75. The molecule has 1 aliphatic rings. The van der Waals surface area contributed by atoms with E-state index in [4.69, 9.17) is 25.8 Å². The highest BCUT2D eigenvalue weighted by molar-refractivity contribution is 7.22. The van der Waals surface area contributed by atoms with E-state index < -0.39 is 12.1 Å². The molecule has 6 aromatic rings. The predicted octanol–water partition coefficient (Wildman–Crippen LogP) is 7.62. The van der Waals surface area contributed by atoms with Gasteiger partial charge in [-0.25, -0.2) is 19.2 Å². The molecule has 11 nitrogen and oxygen atoms in total. The molecule has 0 aliphatic carbocycles. The molecule has 7 rings (SSSR count). The third-order valence-electron chi connectivity index (χ3n) is 9.83. The van der Waals surface area contributed by atoms with E-state index >= 15 is 0 Å². The van der Waals surface area contributed by atoms with Crippen LogP contribution in [0.5, 0.6) is 17.4 Å². The smallest absolute Gasteiger partial charge is 0.345 e. The molecule has 1 saturated heterocycles. The lowest BCUT2D eigenvalue weighted by Gasteiger charge is -2.32. The lowest BCUT2D eigenvalue weighted by Crippen LogP contribution is -2.45. The standard InChI is InChI=1S/C41H42ClFN6O5S/c1-4-49-30(15-16-46-49)24-53-32-8-6-5-7-28(32)23-34(41(50)51)54-39-36-35(38(55-40(36)45-25-44-39)27-9-11-29(43)12-10-27)31-13-14-33(37(42)26(31)2)52-22-21-48-19-17-47(3)18-20-48/h5-16,25,34H,4,17-24H2,1-3H3,(H,50,51)/t34-/m1/s1. The number of hydrogen-bond acceptors (Lipinski definition) is 10. The number of aromatic nitrogens is 4. The third-order valence-corrected chi connectivity index (χ3v) is 11.4. The van der Waals surface area contributed by atoms with Crippen molar-refractivity contribution in [3.05, 3.63) is 107 Å². The van der Waals surface area contributed by atoms with E-state index in [-0.39, 0.29) is 24.7 Å². The van der Waals surface area contributed by atoms with Gasteiger partial charge in [0.1, 0.15) is 41.7 Å². The minimum atomic E-state index is -1.33. The van der Waals surface area contributed by atoms with E-state index in [1.165, 1.54) is 29.8 Å². The number of carbonyl (C=O) groups is 1. The molecule has 1 N–H and O–H groups in total. The Labute approximate surface area is 327 Å². The van der Waals surface area contributed by atoms with Gasteiger partial charge < -0.3 is 24.2 Å². The van der Waals surface area contributed by atoms with Crippen LogP contribution in [-0.4, -0.2) is 93.1 Å². The molecule has 3 aromatic carbocycles. The number of para-hydroxylation sites is 1. The molecular weight excluding hydrogens is 743 g/mol. The maximum Gasteiger partial charge on any atom is 0.345 e. The number of carboxylic acid groups (broad SMARTS) is 1. The second kappa shape index (κ2) is 17.2. The third kappa shape index (κ3) is 8.60. The van der Waals surface area contributed by atoms with Crippen LogP contribution >= 0.6 is 22.9 Å². The normalized spacial score (nSPS) is 14.3. The van der Waals surface area contributed by atoms with E-state index in [0.717, 1.165) is 60.0 Å². The number of fused-ring (bicyclic) bond motifs is 1. The summed E-state index contributed by atoms with van der Waals surface area (Å²) in [6, 6.07) is 19.2. The molecule has 0 bridgehead atoms. The second-order valence-electron chi connectivity index (χ2n) is 13.4. The van der Waals surface area contributed by atoms with Gasteiger partial charge >= 0.3 is 5.97 Å². The maximum atomic E-state index is 14.1. The number of piperazine rings is 1. The van der Waals surface area contributed by atoms with Gasteiger partial charge in [-0.3, -0.25) is 9.58 Å². The largest absolute Gasteiger partial charge is 0.491 e. The number of thiophene rings is 1. The fraction of sp³-hybridized carbons (Fsp3) is 0.317. The number of aryl methyl sites for hydroxylation is 1. The highest BCUT2D eigenvalue weighted by atomic mass is 35.5. The van der Waals surface area contributed by atoms with Crippen LogP contribution < -0.4 is 14.2 Å². The van der Waals surface area contributed by atoms with Gasteiger partial charge in [0.05, 0.1) is 16.1 Å². The Morgan fingerprint density at radius 2 is 1.78 bits per heavy atom. The van der Waals surface area contributed by atoms with Gasteiger partial charge in [0.2, 0.25) is 12.0 Å². The van der Waals surface area contributed by atoms with E-state index in [1.54, 1.807) is 18.3 Å². The Morgan fingerprint density at radius 3 is 2.55 bits per heavy atom. The Hall–Kier alpha value is -5.08. The molecule has 0 spiro atoms. The first-order valence-corrected chi connectivity index (χ1v) is 19.4. The Balaban J connectivity index is 1.22. The Bertz CT molecular complexity index is 2270. The lowest BCUT2D eigenvalue weighted by atomic mass is 9.96. The summed E-state index contributed by atoms with van der Waals surface area (Å²) in [6.45, 7) is 10.2. The topological polar surface area (TPSA) is 115 Å². The maximum absolute atomic E-state index is 14.1. The first-order chi connectivity index (χ1) is 26.7. The number of ether oxygens (including phenoxy) is 3. The minimum Gasteiger partial charge on any atom is -0.491 e. The van der Waals surface area contributed by atoms with Gasteiger partial charge in [-0.15, -0.1) is 11.3 Å². The molecule has 1 fully saturated rings. The number of carboxylic acids is 1. The van der Waals surface area contributed by atoms with Gasteiger partial charge in [0.25, 0.3) is 0 Å². The summed E-state index contributed by atoms with van der Waals surface area (Å²) in [5.41, 5.74) is 4.52. The molecule has 3 aromatic heterocycles. The van der Waals surface area contributed by atoms with Crippen LogP contribution in [0.2, 0.25) is 5.02 Å². The summed E-state index contributed by atoms with van der Waals surface area (Å²) in [7, 11) is 2.13. The lowest BCUT2D eigenvalue weighted by molar-refractivity contribution is -0.145. The average Bonchev–Trinajstić information content (AvgIpc) is 3.82. The molecule has 286 valence electrons. The quantitative estimate of drug-likeness (QED) is 0.112. The zero-order valence-corrected chi connectivity index (χ0v) is 32.4. The molecule has 55 heavy (non-hydrogen) atoms. The highest BCUT2D eigenvalue weighted by Crippen LogP contribution is 2.49. The SMILES string of the molecule is CCn1nccc1COc1ccccc1C[C@@H](Oc1ncnc2sc(-c3ccc(F)cc3)c(-c3ccc(OCCN4CCN(C)CC4)c(Cl)c3C)c12)C(=O)O. The van der Waals surface area contributed by atoms with Crippen molar-refractivity contribution in [2.75, 3.05) is 46.4 Å². The van der Waals surface area contributed by atoms with Crippen LogP contribution in [0.3, 0.4) is 0 Å². The summed E-state index contributed by atoms with van der Waals surface area (Å²) in [4.78, 5) is 28.0. The van der Waals surface area contributed by atoms with Crippen LogP contribution in [0.25, 0.3) is 31.8 Å². The number of benzene rings is 3. The summed E-state index contributed by atoms with van der Waals surface area (Å²) < 4.78 is 34.7. The van der Waals surface area contributed by atoms with Crippen molar-refractivity contribution in [2.45, 2.75) is 39.5 Å². The van der Waals surface area contributed by atoms with Gasteiger partial charge in [0.15, 0.2) is 0 Å². The molecule has 0 amide bonds. The zero-order chi connectivity index (χ0) is 38.5. The number of rotatable bonds is 15. The first-order valence-electron chi connectivity index (χ1n) is 18.2. The van der Waals surface area contributed by atoms with E-state index in [0.29, 0.717) is 51.0 Å². The minimum absolute atomic E-state index is 0.000642. The van der Waals surface area contributed by atoms with Crippen LogP contribution in [-0.2, 0) is 24.4 Å². The average molecular weight is 785 g/mol. The highest BCUT2D eigenvalue weighted by Gasteiger charge is 2.28. The monoisotopic (exact) mass is 784 g/mol. The second-order valence-corrected chi connectivity index (χ2v) is 14.8.